The van der Waals surface area contributed by atoms with Crippen LogP contribution in [0.3, 0.4) is 0 Å². The van der Waals surface area contributed by atoms with Crippen molar-refractivity contribution in [3.8, 4) is 11.1 Å². The van der Waals surface area contributed by atoms with Gasteiger partial charge in [0.2, 0.25) is 11.9 Å². The van der Waals surface area contributed by atoms with Gasteiger partial charge in [-0.25, -0.2) is 9.37 Å². The van der Waals surface area contributed by atoms with E-state index in [4.69, 9.17) is 21.6 Å². The standard InChI is InChI=1S/C32H36ClFN8O/c1-6-26(43)41-13-19(4)42(14-18(41)3)31-22-11-24(33)28(27-17(2)7-10-25-23(27)12-35-38-25)29(34)30(22)36-32(37-31)40-15-21(16-40)39(5)20-8-9-20/h6-7,10-12,18-21H,1,8-9,13-16H2,2-5H3,(H,35,38)/t18-,19+/m1/s1. The third-order valence-electron chi connectivity index (χ3n) is 9.49. The first-order valence-corrected chi connectivity index (χ1v) is 15.3. The molecule has 2 saturated heterocycles. The quantitative estimate of drug-likeness (QED) is 0.305. The van der Waals surface area contributed by atoms with Crippen molar-refractivity contribution in [1.29, 1.82) is 0 Å². The molecule has 0 bridgehead atoms. The summed E-state index contributed by atoms with van der Waals surface area (Å²) in [5, 5.41) is 8.82. The number of aromatic amines is 1. The second-order valence-corrected chi connectivity index (χ2v) is 12.8. The van der Waals surface area contributed by atoms with E-state index in [1.807, 2.05) is 30.9 Å². The summed E-state index contributed by atoms with van der Waals surface area (Å²) in [5.41, 5.74) is 2.95. The van der Waals surface area contributed by atoms with Crippen molar-refractivity contribution < 1.29 is 9.18 Å². The fraction of sp³-hybridized carbons (Fsp3) is 0.438. The van der Waals surface area contributed by atoms with Crippen LogP contribution in [0, 0.1) is 12.7 Å². The second kappa shape index (κ2) is 10.4. The van der Waals surface area contributed by atoms with E-state index in [1.165, 1.54) is 18.9 Å². The molecule has 0 radical (unpaired) electrons. The average Bonchev–Trinajstić information content (AvgIpc) is 3.71. The Morgan fingerprint density at radius 1 is 1.09 bits per heavy atom. The van der Waals surface area contributed by atoms with Crippen LogP contribution in [0.4, 0.5) is 16.2 Å². The van der Waals surface area contributed by atoms with E-state index in [2.05, 4.69) is 45.4 Å². The van der Waals surface area contributed by atoms with Gasteiger partial charge in [-0.2, -0.15) is 10.1 Å². The van der Waals surface area contributed by atoms with Crippen molar-refractivity contribution in [1.82, 2.24) is 30.0 Å². The molecule has 3 fully saturated rings. The summed E-state index contributed by atoms with van der Waals surface area (Å²) < 4.78 is 16.9. The molecule has 2 aliphatic heterocycles. The molecule has 0 unspecified atom stereocenters. The van der Waals surface area contributed by atoms with Crippen LogP contribution >= 0.6 is 11.6 Å². The number of rotatable bonds is 6. The number of halogens is 2. The minimum Gasteiger partial charge on any atom is -0.349 e. The van der Waals surface area contributed by atoms with Gasteiger partial charge in [0.15, 0.2) is 5.82 Å². The number of aryl methyl sites for hydroxylation is 1. The maximum absolute atomic E-state index is 16.9. The minimum atomic E-state index is -0.474. The number of piperazine rings is 1. The lowest BCUT2D eigenvalue weighted by Crippen LogP contribution is -2.60. The highest BCUT2D eigenvalue weighted by atomic mass is 35.5. The van der Waals surface area contributed by atoms with Crippen molar-refractivity contribution in [2.45, 2.75) is 57.8 Å². The van der Waals surface area contributed by atoms with Crippen LogP contribution < -0.4 is 9.80 Å². The molecule has 9 nitrogen and oxygen atoms in total. The van der Waals surface area contributed by atoms with Gasteiger partial charge in [-0.15, -0.1) is 0 Å². The van der Waals surface area contributed by atoms with E-state index >= 15 is 4.39 Å². The maximum atomic E-state index is 16.9. The molecule has 4 heterocycles. The molecule has 43 heavy (non-hydrogen) atoms. The lowest BCUT2D eigenvalue weighted by Gasteiger charge is -2.46. The predicted octanol–water partition coefficient (Wildman–Crippen LogP) is 5.17. The maximum Gasteiger partial charge on any atom is 0.246 e. The smallest absolute Gasteiger partial charge is 0.246 e. The molecule has 1 saturated carbocycles. The third kappa shape index (κ3) is 4.62. The van der Waals surface area contributed by atoms with Crippen LogP contribution in [0.2, 0.25) is 5.02 Å². The molecule has 7 rings (SSSR count). The molecule has 3 aliphatic rings. The van der Waals surface area contributed by atoms with Gasteiger partial charge in [-0.1, -0.05) is 24.2 Å². The van der Waals surface area contributed by atoms with Crippen molar-refractivity contribution in [2.75, 3.05) is 43.0 Å². The molecule has 1 amide bonds. The molecule has 2 aromatic carbocycles. The van der Waals surface area contributed by atoms with Gasteiger partial charge >= 0.3 is 0 Å². The molecule has 2 aromatic heterocycles. The Bertz CT molecular complexity index is 1760. The minimum absolute atomic E-state index is 0.0698. The summed E-state index contributed by atoms with van der Waals surface area (Å²) in [6.07, 6.45) is 5.56. The number of amides is 1. The Balaban J connectivity index is 1.37. The number of likely N-dealkylation sites (N-methyl/N-ethyl adjacent to an activating group) is 1. The fourth-order valence-electron chi connectivity index (χ4n) is 6.72. The molecular weight excluding hydrogens is 567 g/mol. The molecule has 2 atom stereocenters. The zero-order chi connectivity index (χ0) is 30.2. The van der Waals surface area contributed by atoms with E-state index in [0.29, 0.717) is 53.5 Å². The van der Waals surface area contributed by atoms with Gasteiger partial charge in [0, 0.05) is 72.2 Å². The van der Waals surface area contributed by atoms with Crippen molar-refractivity contribution in [3.05, 3.63) is 53.5 Å². The zero-order valence-corrected chi connectivity index (χ0v) is 25.7. The van der Waals surface area contributed by atoms with Crippen LogP contribution in [0.15, 0.2) is 37.1 Å². The molecule has 4 aromatic rings. The number of hydrogen-bond acceptors (Lipinski definition) is 7. The lowest BCUT2D eigenvalue weighted by atomic mass is 9.95. The molecule has 1 N–H and O–H groups in total. The van der Waals surface area contributed by atoms with E-state index < -0.39 is 5.82 Å². The number of fused-ring (bicyclic) bond motifs is 2. The predicted molar refractivity (Wildman–Crippen MR) is 169 cm³/mol. The SMILES string of the molecule is C=CC(=O)N1C[C@H](C)N(c2nc(N3CC(N(C)C4CC4)C3)nc3c(F)c(-c4c(C)ccc5[nH]ncc45)c(Cl)cc23)C[C@H]1C. The summed E-state index contributed by atoms with van der Waals surface area (Å²) in [4.78, 5) is 31.1. The van der Waals surface area contributed by atoms with Crippen molar-refractivity contribution in [3.63, 3.8) is 0 Å². The number of hydrogen-bond donors (Lipinski definition) is 1. The van der Waals surface area contributed by atoms with E-state index in [9.17, 15) is 4.79 Å². The van der Waals surface area contributed by atoms with Crippen LogP contribution in [-0.2, 0) is 4.79 Å². The summed E-state index contributed by atoms with van der Waals surface area (Å²) in [7, 11) is 2.19. The summed E-state index contributed by atoms with van der Waals surface area (Å²) in [6.45, 7) is 12.3. The van der Waals surface area contributed by atoms with Crippen LogP contribution in [0.5, 0.6) is 0 Å². The first-order valence-electron chi connectivity index (χ1n) is 15.0. The second-order valence-electron chi connectivity index (χ2n) is 12.4. The van der Waals surface area contributed by atoms with Crippen LogP contribution in [0.25, 0.3) is 32.9 Å². The van der Waals surface area contributed by atoms with Crippen LogP contribution in [-0.4, -0.2) is 93.3 Å². The van der Waals surface area contributed by atoms with E-state index in [0.717, 1.165) is 29.6 Å². The monoisotopic (exact) mass is 602 g/mol. The highest BCUT2D eigenvalue weighted by Gasteiger charge is 2.40. The van der Waals surface area contributed by atoms with Crippen molar-refractivity contribution in [2.24, 2.45) is 0 Å². The number of nitrogens with one attached hydrogen (secondary N) is 1. The normalized spacial score (nSPS) is 21.2. The number of benzene rings is 2. The van der Waals surface area contributed by atoms with Gasteiger partial charge in [0.25, 0.3) is 0 Å². The Kier molecular flexibility index (Phi) is 6.81. The number of carbonyl (C=O) groups is 1. The lowest BCUT2D eigenvalue weighted by molar-refractivity contribution is -0.128. The molecule has 224 valence electrons. The Labute approximate surface area is 255 Å². The molecular formula is C32H36ClFN8O. The number of carbonyl (C=O) groups excluding carboxylic acids is 1. The van der Waals surface area contributed by atoms with E-state index in [1.54, 1.807) is 12.3 Å². The number of nitrogens with zero attached hydrogens (tertiary/aromatic N) is 7. The van der Waals surface area contributed by atoms with Gasteiger partial charge in [0.1, 0.15) is 11.3 Å². The summed E-state index contributed by atoms with van der Waals surface area (Å²) in [5.74, 6) is 0.575. The first kappa shape index (κ1) is 28.0. The average molecular weight is 603 g/mol. The number of H-pyrrole nitrogens is 1. The number of aromatic nitrogens is 4. The Hall–Kier alpha value is -3.76. The fourth-order valence-corrected chi connectivity index (χ4v) is 7.00. The first-order chi connectivity index (χ1) is 20.7. The zero-order valence-electron chi connectivity index (χ0n) is 24.9. The topological polar surface area (TPSA) is 84.5 Å². The van der Waals surface area contributed by atoms with Gasteiger partial charge < -0.3 is 14.7 Å². The molecule has 0 spiro atoms. The highest BCUT2D eigenvalue weighted by molar-refractivity contribution is 6.35. The largest absolute Gasteiger partial charge is 0.349 e. The number of anilines is 2. The molecule has 1 aliphatic carbocycles. The third-order valence-corrected chi connectivity index (χ3v) is 9.79. The van der Waals surface area contributed by atoms with Crippen LogP contribution in [0.1, 0.15) is 32.3 Å². The van der Waals surface area contributed by atoms with Gasteiger partial charge in [-0.3, -0.25) is 14.8 Å². The van der Waals surface area contributed by atoms with Crippen molar-refractivity contribution >= 4 is 51.1 Å². The van der Waals surface area contributed by atoms with Gasteiger partial charge in [-0.05, 0) is 64.4 Å². The highest BCUT2D eigenvalue weighted by Crippen LogP contribution is 2.43. The summed E-state index contributed by atoms with van der Waals surface area (Å²) in [6, 6.07) is 6.60. The van der Waals surface area contributed by atoms with E-state index in [-0.39, 0.29) is 28.5 Å². The molecule has 11 heteroatoms. The summed E-state index contributed by atoms with van der Waals surface area (Å²) >= 11 is 6.95. The Morgan fingerprint density at radius 2 is 1.86 bits per heavy atom. The Morgan fingerprint density at radius 3 is 2.58 bits per heavy atom. The van der Waals surface area contributed by atoms with Gasteiger partial charge in [0.05, 0.1) is 16.7 Å².